The van der Waals surface area contributed by atoms with Crippen LogP contribution in [0.2, 0.25) is 0 Å². The highest BCUT2D eigenvalue weighted by atomic mass is 16.8. The molecular weight excluding hydrogens is 1790 g/mol. The topological polar surface area (TPSA) is 865 Å². The predicted octanol–water partition coefficient (Wildman–Crippen LogP) is -20.8. The predicted molar refractivity (Wildman–Crippen MR) is 409 cm³/mol. The lowest BCUT2D eigenvalue weighted by Crippen LogP contribution is -2.72. The van der Waals surface area contributed by atoms with E-state index in [4.69, 9.17) is 90.0 Å². The molecule has 0 bridgehead atoms. The summed E-state index contributed by atoms with van der Waals surface area (Å²) in [7, 11) is 0. The summed E-state index contributed by atoms with van der Waals surface area (Å²) < 4.78 is 117. The SMILES string of the molecule is CC(=O)N[C@H]1[C@H](O[C@H]2[C@H](O)[C@@H](NC(C)=O)C(O)O[C@@H]2CO[C@@H]2O[C@@H](C)[C@@H](O)[C@@H](O)[C@@H]2O)O[C@H](CO)[C@@H](O[C@@H]2O[C@H](CO)[C@@H](O[C@@H]3O[C@H](CO)[C@@H](O)[C@H](O)[C@H]3NC(C)=O)[C@H](O[C@H]3O[C@H](CO)[C@@H](O[C@@H]4O[C@H](CO)[C@@H](O[C@@H]5O[C@H](CO)[C@H](O)[C@H](O)[C@H]5NC(C)=O)[C@H](O)[C@H]4NC(C)=O)[C@H](O)[C@@H]3O[C@@H]3O[C@H](CO)[C@@H](O[C@@H]4O[C@H](CO)[C@H](O)[C@H](O)[C@H]4NC(C)=O)[C@H](O)[C@H]3NC(C)=O)[C@H]2O)[C@@H]1O. The van der Waals surface area contributed by atoms with Gasteiger partial charge in [-0.05, 0) is 6.92 Å². The molecule has 0 aromatic rings. The van der Waals surface area contributed by atoms with E-state index in [9.17, 15) is 156 Å². The van der Waals surface area contributed by atoms with Gasteiger partial charge in [-0.15, -0.1) is 0 Å². The zero-order chi connectivity index (χ0) is 96.7. The van der Waals surface area contributed by atoms with E-state index in [1.807, 2.05) is 0 Å². The first-order chi connectivity index (χ1) is 61.9. The standard InChI is InChI=1S/C74H123N7O50/c1-18-42(97)53(108)54(109)72(114-18)113-17-34-61(49(104)35(65(112)115-34)75-19(2)90)127-70-40(80-24(7)95)52(107)59(31(14-87)120-70)128-73-56(111)63(62(33(16-89)122-73)129-68-38(78-22(5)93)48(103)45(100)28(11-84)118-68)130-74-64(131-71-41(81-25(8)96)51(106)58(30(13-86)121-71)125-67-37(77-21(4)92)47(102)44(99)27(10-83)117-67)55(110)60(32(15-88)123-74)126-69-39(79-23(6)94)50(105)57(29(12-85)119-69)124-66-36(76-20(3)91)46(101)43(98)26(9-82)116-66/h18,26-74,82-89,97-112H,9-17H2,1-8H3,(H,75,90)(H,76,91)(H,77,92)(H,78,93)(H,79,94)(H,80,95)(H,81,96)/t18-,26+,27+,28+,29+,30+,31+,32+,33+,34+,35+,36+,37+,38+,39+,40+,41+,42+,43-,44-,45+,46+,47+,48+,49+,50+,51+,52+,53+,54-,55-,56+,57+,58+,59+,60+,61+,62+,63+,64-,65?,66-,67-,68-,69-,70-,71-,72+,73-,74+/m0/s1. The highest BCUT2D eigenvalue weighted by Gasteiger charge is 2.63. The third-order valence-corrected chi connectivity index (χ3v) is 23.6. The average Bonchev–Trinajstić information content (AvgIpc) is 0.755. The molecule has 754 valence electrons. The second kappa shape index (κ2) is 47.3. The number of nitrogens with one attached hydrogen (secondary N) is 7. The Kier molecular flexibility index (Phi) is 38.8. The number of amides is 7. The molecule has 131 heavy (non-hydrogen) atoms. The summed E-state index contributed by atoms with van der Waals surface area (Å²) in [6, 6.07) is -13.4. The number of hydrogen-bond acceptors (Lipinski definition) is 50. The number of aliphatic hydroxyl groups excluding tert-OH is 24. The normalized spacial score (nSPS) is 46.9. The van der Waals surface area contributed by atoms with Gasteiger partial charge in [0.05, 0.1) is 65.6 Å². The van der Waals surface area contributed by atoms with Crippen molar-refractivity contribution in [1.82, 2.24) is 37.2 Å². The van der Waals surface area contributed by atoms with Crippen molar-refractivity contribution in [2.45, 2.75) is 362 Å². The lowest BCUT2D eigenvalue weighted by Gasteiger charge is -2.53. The Morgan fingerprint density at radius 3 is 0.786 bits per heavy atom. The van der Waals surface area contributed by atoms with Gasteiger partial charge < -0.3 is 250 Å². The van der Waals surface area contributed by atoms with Gasteiger partial charge in [-0.25, -0.2) is 0 Å². The lowest BCUT2D eigenvalue weighted by molar-refractivity contribution is -0.411. The fourth-order valence-electron chi connectivity index (χ4n) is 17.1. The van der Waals surface area contributed by atoms with E-state index < -0.39 is 407 Å². The van der Waals surface area contributed by atoms with Crippen LogP contribution in [0.5, 0.6) is 0 Å². The summed E-state index contributed by atoms with van der Waals surface area (Å²) >= 11 is 0. The Balaban J connectivity index is 1.06. The van der Waals surface area contributed by atoms with E-state index in [0.29, 0.717) is 0 Å². The quantitative estimate of drug-likeness (QED) is 0.0284. The molecule has 7 amide bonds. The number of aliphatic hydroxyl groups is 24. The number of rotatable bonds is 34. The fourth-order valence-corrected chi connectivity index (χ4v) is 17.1. The van der Waals surface area contributed by atoms with Crippen molar-refractivity contribution >= 4 is 41.4 Å². The Morgan fingerprint density at radius 1 is 0.214 bits per heavy atom. The minimum Gasteiger partial charge on any atom is -0.394 e. The fraction of sp³-hybridized carbons (Fsp3) is 0.905. The van der Waals surface area contributed by atoms with E-state index in [1.165, 1.54) is 6.92 Å². The molecule has 0 aliphatic carbocycles. The molecular formula is C74H123N7O50. The van der Waals surface area contributed by atoms with Crippen molar-refractivity contribution in [3.8, 4) is 0 Å². The second-order valence-corrected chi connectivity index (χ2v) is 33.2. The molecule has 0 aromatic carbocycles. The highest BCUT2D eigenvalue weighted by Crippen LogP contribution is 2.42. The molecule has 10 saturated heterocycles. The van der Waals surface area contributed by atoms with Crippen LogP contribution in [0, 0.1) is 0 Å². The first kappa shape index (κ1) is 108. The maximum Gasteiger partial charge on any atom is 0.217 e. The Bertz CT molecular complexity index is 3690. The van der Waals surface area contributed by atoms with Gasteiger partial charge in [0.25, 0.3) is 0 Å². The molecule has 0 aromatic heterocycles. The van der Waals surface area contributed by atoms with Gasteiger partial charge in [-0.3, -0.25) is 33.6 Å². The summed E-state index contributed by atoms with van der Waals surface area (Å²) in [6.45, 7) is -2.53. The van der Waals surface area contributed by atoms with Crippen LogP contribution in [0.15, 0.2) is 0 Å². The van der Waals surface area contributed by atoms with Gasteiger partial charge >= 0.3 is 0 Å². The maximum atomic E-state index is 13.5. The van der Waals surface area contributed by atoms with Crippen molar-refractivity contribution in [3.05, 3.63) is 0 Å². The number of ether oxygens (including phenoxy) is 19. The number of carbonyl (C=O) groups excluding carboxylic acids is 7. The lowest BCUT2D eigenvalue weighted by atomic mass is 9.93. The van der Waals surface area contributed by atoms with Gasteiger partial charge in [-0.1, -0.05) is 0 Å². The summed E-state index contributed by atoms with van der Waals surface area (Å²) in [5, 5.41) is 290. The van der Waals surface area contributed by atoms with E-state index in [1.54, 1.807) is 0 Å². The average molecular weight is 1910 g/mol. The van der Waals surface area contributed by atoms with Crippen LogP contribution in [-0.2, 0) is 124 Å². The monoisotopic (exact) mass is 1910 g/mol. The smallest absolute Gasteiger partial charge is 0.217 e. The van der Waals surface area contributed by atoms with Crippen LogP contribution < -0.4 is 37.2 Å². The van der Waals surface area contributed by atoms with E-state index >= 15 is 0 Å². The first-order valence-corrected chi connectivity index (χ1v) is 42.0. The van der Waals surface area contributed by atoms with E-state index in [2.05, 4.69) is 37.2 Å². The van der Waals surface area contributed by atoms with Gasteiger partial charge in [0.15, 0.2) is 62.9 Å². The van der Waals surface area contributed by atoms with Crippen LogP contribution in [0.4, 0.5) is 0 Å². The van der Waals surface area contributed by atoms with Crippen LogP contribution in [-0.4, -0.2) is 530 Å². The van der Waals surface area contributed by atoms with Gasteiger partial charge in [0.2, 0.25) is 41.4 Å². The van der Waals surface area contributed by atoms with Gasteiger partial charge in [-0.2, -0.15) is 0 Å². The molecule has 10 fully saturated rings. The van der Waals surface area contributed by atoms with Crippen molar-refractivity contribution < 1.29 is 246 Å². The number of carbonyl (C=O) groups is 7. The van der Waals surface area contributed by atoms with Crippen LogP contribution in [0.3, 0.4) is 0 Å². The Morgan fingerprint density at radius 2 is 0.458 bits per heavy atom. The van der Waals surface area contributed by atoms with Gasteiger partial charge in [0.1, 0.15) is 238 Å². The Labute approximate surface area is 744 Å². The molecule has 10 aliphatic heterocycles. The highest BCUT2D eigenvalue weighted by molar-refractivity contribution is 5.75. The zero-order valence-corrected chi connectivity index (χ0v) is 71.6. The van der Waals surface area contributed by atoms with Crippen LogP contribution in [0.1, 0.15) is 55.4 Å². The van der Waals surface area contributed by atoms with E-state index in [-0.39, 0.29) is 0 Å². The maximum absolute atomic E-state index is 13.5. The van der Waals surface area contributed by atoms with E-state index in [0.717, 1.165) is 48.5 Å². The van der Waals surface area contributed by atoms with Crippen molar-refractivity contribution in [2.75, 3.05) is 59.5 Å². The largest absolute Gasteiger partial charge is 0.394 e. The molecule has 50 atom stereocenters. The molecule has 0 saturated carbocycles. The molecule has 31 N–H and O–H groups in total. The van der Waals surface area contributed by atoms with Crippen molar-refractivity contribution in [1.29, 1.82) is 0 Å². The molecule has 10 heterocycles. The second-order valence-electron chi connectivity index (χ2n) is 33.2. The van der Waals surface area contributed by atoms with Crippen LogP contribution >= 0.6 is 0 Å². The summed E-state index contributed by atoms with van der Waals surface area (Å²) in [5.74, 6) is -6.55. The number of hydrogen-bond donors (Lipinski definition) is 31. The van der Waals surface area contributed by atoms with Crippen molar-refractivity contribution in [2.24, 2.45) is 0 Å². The first-order valence-electron chi connectivity index (χ1n) is 42.0. The van der Waals surface area contributed by atoms with Crippen LogP contribution in [0.25, 0.3) is 0 Å². The molecule has 0 radical (unpaired) electrons. The molecule has 57 nitrogen and oxygen atoms in total. The Hall–Kier alpha value is -5.43. The third-order valence-electron chi connectivity index (χ3n) is 23.6. The van der Waals surface area contributed by atoms with Gasteiger partial charge in [0, 0.05) is 48.5 Å². The summed E-state index contributed by atoms with van der Waals surface area (Å²) in [4.78, 5) is 90.8. The molecule has 10 rings (SSSR count). The molecule has 0 spiro atoms. The molecule has 57 heteroatoms. The zero-order valence-electron chi connectivity index (χ0n) is 71.6. The molecule has 10 aliphatic rings. The minimum absolute atomic E-state index is 0.838. The summed E-state index contributed by atoms with van der Waals surface area (Å²) in [5.41, 5.74) is 0. The minimum atomic E-state index is -2.72. The molecule has 1 unspecified atom stereocenters. The third kappa shape index (κ3) is 24.6. The summed E-state index contributed by atoms with van der Waals surface area (Å²) in [6.07, 6.45) is -90.4. The van der Waals surface area contributed by atoms with Crippen molar-refractivity contribution in [3.63, 3.8) is 0 Å².